The molecule has 0 aliphatic carbocycles. The van der Waals surface area contributed by atoms with E-state index in [1.54, 1.807) is 0 Å². The maximum absolute atomic E-state index is 12.3. The zero-order valence-corrected chi connectivity index (χ0v) is 20.0. The van der Waals surface area contributed by atoms with Gasteiger partial charge in [-0.1, -0.05) is 42.5 Å². The van der Waals surface area contributed by atoms with E-state index < -0.39 is 0 Å². The lowest BCUT2D eigenvalue weighted by Gasteiger charge is -2.32. The van der Waals surface area contributed by atoms with Crippen LogP contribution in [0.5, 0.6) is 0 Å². The summed E-state index contributed by atoms with van der Waals surface area (Å²) in [4.78, 5) is 16.9. The van der Waals surface area contributed by atoms with Crippen molar-refractivity contribution in [3.63, 3.8) is 0 Å². The van der Waals surface area contributed by atoms with E-state index in [-0.39, 0.29) is 0 Å². The number of hydrogen-bond donors (Lipinski definition) is 0. The monoisotopic (exact) mass is 443 g/mol. The number of aryl methyl sites for hydroxylation is 2. The van der Waals surface area contributed by atoms with Gasteiger partial charge in [0.25, 0.3) is 0 Å². The van der Waals surface area contributed by atoms with Gasteiger partial charge in [-0.05, 0) is 80.3 Å². The number of carbonyl (C=O) groups is 1. The summed E-state index contributed by atoms with van der Waals surface area (Å²) in [6, 6.07) is 17.8. The Bertz CT molecular complexity index is 1070. The van der Waals surface area contributed by atoms with E-state index in [0.29, 0.717) is 12.3 Å². The fourth-order valence-electron chi connectivity index (χ4n) is 5.69. The highest BCUT2D eigenvalue weighted by Gasteiger charge is 2.21. The van der Waals surface area contributed by atoms with Crippen LogP contribution in [0.15, 0.2) is 54.7 Å². The van der Waals surface area contributed by atoms with E-state index in [0.717, 1.165) is 32.0 Å². The van der Waals surface area contributed by atoms with E-state index in [2.05, 4.69) is 71.2 Å². The van der Waals surface area contributed by atoms with Crippen molar-refractivity contribution in [3.05, 3.63) is 71.4 Å². The van der Waals surface area contributed by atoms with Gasteiger partial charge in [0, 0.05) is 50.2 Å². The topological polar surface area (TPSA) is 28.5 Å². The van der Waals surface area contributed by atoms with Gasteiger partial charge in [0.15, 0.2) is 0 Å². The Morgan fingerprint density at radius 3 is 2.36 bits per heavy atom. The minimum atomic E-state index is 0.326. The van der Waals surface area contributed by atoms with Crippen LogP contribution in [0.1, 0.15) is 48.8 Å². The second kappa shape index (κ2) is 10.1. The molecular weight excluding hydrogens is 406 g/mol. The van der Waals surface area contributed by atoms with Crippen LogP contribution in [-0.2, 0) is 31.2 Å². The SMILES string of the molecule is Cn1cc(CN2CCC(Cc3ccc(CCC(=O)N4CCCC4)cc3)CC2)c2ccccc21. The molecule has 4 heteroatoms. The van der Waals surface area contributed by atoms with Gasteiger partial charge in [-0.25, -0.2) is 0 Å². The van der Waals surface area contributed by atoms with Crippen molar-refractivity contribution in [3.8, 4) is 0 Å². The van der Waals surface area contributed by atoms with Crippen molar-refractivity contribution < 1.29 is 4.79 Å². The van der Waals surface area contributed by atoms with Crippen molar-refractivity contribution in [1.82, 2.24) is 14.4 Å². The summed E-state index contributed by atoms with van der Waals surface area (Å²) in [6.45, 7) is 5.34. The van der Waals surface area contributed by atoms with Crippen LogP contribution in [0.4, 0.5) is 0 Å². The number of piperidine rings is 1. The molecule has 2 aromatic carbocycles. The molecule has 174 valence electrons. The number of likely N-dealkylation sites (tertiary alicyclic amines) is 2. The number of rotatable bonds is 7. The number of fused-ring (bicyclic) bond motifs is 1. The number of benzene rings is 2. The number of hydrogen-bond acceptors (Lipinski definition) is 2. The summed E-state index contributed by atoms with van der Waals surface area (Å²) in [7, 11) is 2.15. The summed E-state index contributed by atoms with van der Waals surface area (Å²) in [6.07, 6.45) is 9.88. The first kappa shape index (κ1) is 22.2. The summed E-state index contributed by atoms with van der Waals surface area (Å²) < 4.78 is 2.25. The fraction of sp³-hybridized carbons (Fsp3) is 0.483. The Morgan fingerprint density at radius 2 is 1.61 bits per heavy atom. The third-order valence-electron chi connectivity index (χ3n) is 7.71. The maximum Gasteiger partial charge on any atom is 0.222 e. The van der Waals surface area contributed by atoms with Gasteiger partial charge < -0.3 is 9.47 Å². The van der Waals surface area contributed by atoms with Gasteiger partial charge in [0.05, 0.1) is 0 Å². The number of amides is 1. The van der Waals surface area contributed by atoms with Crippen LogP contribution < -0.4 is 0 Å². The molecule has 33 heavy (non-hydrogen) atoms. The molecule has 5 rings (SSSR count). The predicted molar refractivity (Wildman–Crippen MR) is 135 cm³/mol. The lowest BCUT2D eigenvalue weighted by Crippen LogP contribution is -2.33. The molecule has 1 aromatic heterocycles. The quantitative estimate of drug-likeness (QED) is 0.503. The zero-order valence-electron chi connectivity index (χ0n) is 20.0. The molecule has 2 aliphatic rings. The molecule has 0 atom stereocenters. The van der Waals surface area contributed by atoms with E-state index in [4.69, 9.17) is 0 Å². The molecule has 3 heterocycles. The molecule has 2 aliphatic heterocycles. The average Bonchev–Trinajstić information content (AvgIpc) is 3.49. The number of nitrogens with zero attached hydrogens (tertiary/aromatic N) is 3. The Kier molecular flexibility index (Phi) is 6.82. The van der Waals surface area contributed by atoms with Crippen molar-refractivity contribution >= 4 is 16.8 Å². The first-order valence-electron chi connectivity index (χ1n) is 12.8. The Labute approximate surface area is 198 Å². The van der Waals surface area contributed by atoms with Crippen LogP contribution in [0.3, 0.4) is 0 Å². The van der Waals surface area contributed by atoms with E-state index >= 15 is 0 Å². The second-order valence-electron chi connectivity index (χ2n) is 10.1. The highest BCUT2D eigenvalue weighted by Crippen LogP contribution is 2.26. The van der Waals surface area contributed by atoms with Gasteiger partial charge >= 0.3 is 0 Å². The number of para-hydroxylation sites is 1. The second-order valence-corrected chi connectivity index (χ2v) is 10.1. The fourth-order valence-corrected chi connectivity index (χ4v) is 5.69. The van der Waals surface area contributed by atoms with Crippen LogP contribution in [0, 0.1) is 5.92 Å². The van der Waals surface area contributed by atoms with E-state index in [1.165, 1.54) is 72.8 Å². The van der Waals surface area contributed by atoms with Crippen LogP contribution in [0.2, 0.25) is 0 Å². The van der Waals surface area contributed by atoms with Crippen LogP contribution in [-0.4, -0.2) is 46.5 Å². The van der Waals surface area contributed by atoms with Crippen LogP contribution in [0.25, 0.3) is 10.9 Å². The summed E-state index contributed by atoms with van der Waals surface area (Å²) in [5.41, 5.74) is 5.50. The van der Waals surface area contributed by atoms with Crippen molar-refractivity contribution in [2.24, 2.45) is 13.0 Å². The van der Waals surface area contributed by atoms with E-state index in [1.807, 2.05) is 4.90 Å². The van der Waals surface area contributed by atoms with Gasteiger partial charge in [-0.15, -0.1) is 0 Å². The number of carbonyl (C=O) groups excluding carboxylic acids is 1. The minimum absolute atomic E-state index is 0.326. The Hall–Kier alpha value is -2.59. The molecule has 3 aromatic rings. The molecule has 1 amide bonds. The molecule has 0 saturated carbocycles. The van der Waals surface area contributed by atoms with E-state index in [9.17, 15) is 4.79 Å². The molecule has 0 radical (unpaired) electrons. The standard InChI is InChI=1S/C29H37N3O/c1-30-21-26(27-6-2-3-7-28(27)30)22-31-18-14-25(15-19-31)20-24-10-8-23(9-11-24)12-13-29(33)32-16-4-5-17-32/h2-3,6-11,21,25H,4-5,12-20,22H2,1H3. The first-order valence-corrected chi connectivity index (χ1v) is 12.8. The average molecular weight is 444 g/mol. The lowest BCUT2D eigenvalue weighted by molar-refractivity contribution is -0.130. The number of aromatic nitrogens is 1. The Balaban J connectivity index is 1.08. The Morgan fingerprint density at radius 1 is 0.909 bits per heavy atom. The highest BCUT2D eigenvalue weighted by molar-refractivity contribution is 5.83. The molecule has 0 bridgehead atoms. The smallest absolute Gasteiger partial charge is 0.222 e. The normalized spacial score (nSPS) is 17.8. The van der Waals surface area contributed by atoms with Crippen molar-refractivity contribution in [2.45, 2.75) is 51.5 Å². The third kappa shape index (κ3) is 5.33. The lowest BCUT2D eigenvalue weighted by atomic mass is 9.89. The molecular formula is C29H37N3O. The molecule has 0 N–H and O–H groups in total. The van der Waals surface area contributed by atoms with Gasteiger partial charge in [-0.3, -0.25) is 9.69 Å². The van der Waals surface area contributed by atoms with Crippen LogP contribution >= 0.6 is 0 Å². The summed E-state index contributed by atoms with van der Waals surface area (Å²) >= 11 is 0. The highest BCUT2D eigenvalue weighted by atomic mass is 16.2. The van der Waals surface area contributed by atoms with Crippen molar-refractivity contribution in [1.29, 1.82) is 0 Å². The third-order valence-corrected chi connectivity index (χ3v) is 7.71. The first-order chi connectivity index (χ1) is 16.2. The van der Waals surface area contributed by atoms with Crippen molar-refractivity contribution in [2.75, 3.05) is 26.2 Å². The van der Waals surface area contributed by atoms with Gasteiger partial charge in [0.1, 0.15) is 0 Å². The molecule has 0 spiro atoms. The molecule has 2 saturated heterocycles. The predicted octanol–water partition coefficient (Wildman–Crippen LogP) is 5.19. The zero-order chi connectivity index (χ0) is 22.6. The largest absolute Gasteiger partial charge is 0.350 e. The maximum atomic E-state index is 12.3. The summed E-state index contributed by atoms with van der Waals surface area (Å²) in [5, 5.41) is 1.39. The van der Waals surface area contributed by atoms with Gasteiger partial charge in [-0.2, -0.15) is 0 Å². The summed E-state index contributed by atoms with van der Waals surface area (Å²) in [5.74, 6) is 1.10. The van der Waals surface area contributed by atoms with Gasteiger partial charge in [0.2, 0.25) is 5.91 Å². The molecule has 0 unspecified atom stereocenters. The molecule has 2 fully saturated rings. The molecule has 4 nitrogen and oxygen atoms in total. The minimum Gasteiger partial charge on any atom is -0.350 e.